The average Bonchev–Trinajstić information content (AvgIpc) is 2.62. The molecule has 2 aromatic carbocycles. The van der Waals surface area contributed by atoms with Gasteiger partial charge in [0.15, 0.2) is 0 Å². The first-order valence-corrected chi connectivity index (χ1v) is 7.90. The third-order valence-corrected chi connectivity index (χ3v) is 3.97. The number of carbonyl (C=O) groups is 2. The van der Waals surface area contributed by atoms with Crippen LogP contribution in [0.5, 0.6) is 0 Å². The van der Waals surface area contributed by atoms with E-state index >= 15 is 0 Å². The van der Waals surface area contributed by atoms with Crippen molar-refractivity contribution in [2.24, 2.45) is 11.5 Å². The van der Waals surface area contributed by atoms with Crippen molar-refractivity contribution < 1.29 is 19.4 Å². The molecule has 2 rings (SSSR count). The molecule has 0 unspecified atom stereocenters. The van der Waals surface area contributed by atoms with Crippen LogP contribution in [0.4, 0.5) is 0 Å². The van der Waals surface area contributed by atoms with Gasteiger partial charge in [-0.3, -0.25) is 9.59 Å². The van der Waals surface area contributed by atoms with Crippen molar-refractivity contribution in [2.45, 2.75) is 24.9 Å². The number of carbonyl (C=O) groups excluding carboxylic acids is 1. The Hall–Kier alpha value is -2.70. The highest BCUT2D eigenvalue weighted by Crippen LogP contribution is 2.21. The molecular formula is C19H22N2O4. The summed E-state index contributed by atoms with van der Waals surface area (Å²) in [4.78, 5) is 22.2. The summed E-state index contributed by atoms with van der Waals surface area (Å²) in [7, 11) is 1.32. The molecule has 0 heterocycles. The lowest BCUT2D eigenvalue weighted by atomic mass is 9.98. The monoisotopic (exact) mass is 342 g/mol. The first-order valence-electron chi connectivity index (χ1n) is 7.90. The number of hydrogen-bond donors (Lipinski definition) is 3. The Bertz CT molecular complexity index is 726. The smallest absolute Gasteiger partial charge is 0.322 e. The maximum atomic E-state index is 11.4. The van der Waals surface area contributed by atoms with Crippen molar-refractivity contribution in [2.75, 3.05) is 7.11 Å². The molecule has 6 nitrogen and oxygen atoms in total. The average molecular weight is 342 g/mol. The van der Waals surface area contributed by atoms with Crippen molar-refractivity contribution in [1.82, 2.24) is 0 Å². The van der Waals surface area contributed by atoms with Gasteiger partial charge in [0.25, 0.3) is 0 Å². The molecular weight excluding hydrogens is 320 g/mol. The molecule has 0 aliphatic rings. The Kier molecular flexibility index (Phi) is 6.27. The van der Waals surface area contributed by atoms with Crippen LogP contribution in [0.3, 0.4) is 0 Å². The second-order valence-corrected chi connectivity index (χ2v) is 5.88. The molecule has 132 valence electrons. The van der Waals surface area contributed by atoms with Gasteiger partial charge in [-0.05, 0) is 35.1 Å². The van der Waals surface area contributed by atoms with E-state index < -0.39 is 24.0 Å². The number of rotatable bonds is 7. The lowest BCUT2D eigenvalue weighted by molar-refractivity contribution is -0.142. The lowest BCUT2D eigenvalue weighted by Gasteiger charge is -2.10. The van der Waals surface area contributed by atoms with Gasteiger partial charge >= 0.3 is 11.9 Å². The molecule has 0 aromatic heterocycles. The van der Waals surface area contributed by atoms with Crippen LogP contribution in [0.25, 0.3) is 11.1 Å². The summed E-state index contributed by atoms with van der Waals surface area (Å²) in [5.41, 5.74) is 15.2. The first kappa shape index (κ1) is 18.6. The lowest BCUT2D eigenvalue weighted by Crippen LogP contribution is -2.33. The summed E-state index contributed by atoms with van der Waals surface area (Å²) in [6, 6.07) is 13.8. The van der Waals surface area contributed by atoms with E-state index in [2.05, 4.69) is 4.74 Å². The quantitative estimate of drug-likeness (QED) is 0.654. The predicted molar refractivity (Wildman–Crippen MR) is 94.9 cm³/mol. The van der Waals surface area contributed by atoms with Gasteiger partial charge in [0.05, 0.1) is 7.11 Å². The van der Waals surface area contributed by atoms with Gasteiger partial charge in [-0.25, -0.2) is 0 Å². The zero-order chi connectivity index (χ0) is 18.4. The highest BCUT2D eigenvalue weighted by molar-refractivity contribution is 5.76. The summed E-state index contributed by atoms with van der Waals surface area (Å²) in [6.45, 7) is 0. The van der Waals surface area contributed by atoms with Crippen molar-refractivity contribution in [3.63, 3.8) is 0 Å². The Labute approximate surface area is 146 Å². The van der Waals surface area contributed by atoms with E-state index in [4.69, 9.17) is 16.6 Å². The number of nitrogens with two attached hydrogens (primary N) is 2. The number of hydrogen-bond acceptors (Lipinski definition) is 5. The summed E-state index contributed by atoms with van der Waals surface area (Å²) in [5.74, 6) is -1.44. The Morgan fingerprint density at radius 3 is 1.64 bits per heavy atom. The Morgan fingerprint density at radius 2 is 1.28 bits per heavy atom. The summed E-state index contributed by atoms with van der Waals surface area (Å²) >= 11 is 0. The van der Waals surface area contributed by atoms with Crippen LogP contribution in [0.15, 0.2) is 48.5 Å². The van der Waals surface area contributed by atoms with Crippen LogP contribution in [0.1, 0.15) is 11.1 Å². The molecule has 5 N–H and O–H groups in total. The van der Waals surface area contributed by atoms with Gasteiger partial charge in [0.2, 0.25) is 0 Å². The largest absolute Gasteiger partial charge is 0.480 e. The third kappa shape index (κ3) is 5.14. The zero-order valence-corrected chi connectivity index (χ0v) is 14.0. The van der Waals surface area contributed by atoms with E-state index in [-0.39, 0.29) is 0 Å². The Morgan fingerprint density at radius 1 is 0.880 bits per heavy atom. The van der Waals surface area contributed by atoms with Crippen molar-refractivity contribution in [3.05, 3.63) is 59.7 Å². The topological polar surface area (TPSA) is 116 Å². The SMILES string of the molecule is COC(=O)[C@@H](N)Cc1ccc(-c2ccc(C[C@H](N)C(=O)O)cc2)cc1. The minimum Gasteiger partial charge on any atom is -0.480 e. The number of carboxylic acid groups (broad SMARTS) is 1. The van der Waals surface area contributed by atoms with E-state index in [9.17, 15) is 9.59 Å². The summed E-state index contributed by atoms with van der Waals surface area (Å²) in [5, 5.41) is 8.85. The van der Waals surface area contributed by atoms with E-state index in [0.29, 0.717) is 12.8 Å². The molecule has 0 spiro atoms. The number of methoxy groups -OCH3 is 1. The minimum atomic E-state index is -1.01. The maximum absolute atomic E-state index is 11.4. The molecule has 0 saturated carbocycles. The fourth-order valence-electron chi connectivity index (χ4n) is 2.50. The molecule has 0 fully saturated rings. The van der Waals surface area contributed by atoms with Crippen molar-refractivity contribution in [3.8, 4) is 11.1 Å². The number of ether oxygens (including phenoxy) is 1. The maximum Gasteiger partial charge on any atom is 0.322 e. The minimum absolute atomic E-state index is 0.292. The van der Waals surface area contributed by atoms with Crippen LogP contribution in [0, 0.1) is 0 Å². The molecule has 0 aliphatic heterocycles. The highest BCUT2D eigenvalue weighted by Gasteiger charge is 2.14. The molecule has 6 heteroatoms. The zero-order valence-electron chi connectivity index (χ0n) is 14.0. The molecule has 25 heavy (non-hydrogen) atoms. The predicted octanol–water partition coefficient (Wildman–Crippen LogP) is 1.35. The number of esters is 1. The molecule has 2 aromatic rings. The summed E-state index contributed by atoms with van der Waals surface area (Å²) in [6.07, 6.45) is 0.707. The number of aliphatic carboxylic acids is 1. The first-order chi connectivity index (χ1) is 11.9. The van der Waals surface area contributed by atoms with Crippen LogP contribution in [-0.2, 0) is 27.2 Å². The number of benzene rings is 2. The molecule has 0 bridgehead atoms. The second-order valence-electron chi connectivity index (χ2n) is 5.88. The molecule has 0 radical (unpaired) electrons. The highest BCUT2D eigenvalue weighted by atomic mass is 16.5. The van der Waals surface area contributed by atoms with Gasteiger partial charge in [-0.2, -0.15) is 0 Å². The third-order valence-electron chi connectivity index (χ3n) is 3.97. The van der Waals surface area contributed by atoms with E-state index in [1.807, 2.05) is 48.5 Å². The second kappa shape index (κ2) is 8.41. The standard InChI is InChI=1S/C19H22N2O4/c1-25-19(24)17(21)11-13-4-8-15(9-5-13)14-6-2-12(3-7-14)10-16(20)18(22)23/h2-9,16-17H,10-11,20-21H2,1H3,(H,22,23)/t16-,17-/m0/s1. The van der Waals surface area contributed by atoms with Crippen LogP contribution < -0.4 is 11.5 Å². The van der Waals surface area contributed by atoms with Crippen molar-refractivity contribution >= 4 is 11.9 Å². The van der Waals surface area contributed by atoms with Crippen LogP contribution in [-0.4, -0.2) is 36.2 Å². The van der Waals surface area contributed by atoms with Gasteiger partial charge in [0, 0.05) is 0 Å². The van der Waals surface area contributed by atoms with Gasteiger partial charge in [-0.15, -0.1) is 0 Å². The molecule has 0 amide bonds. The van der Waals surface area contributed by atoms with Crippen LogP contribution >= 0.6 is 0 Å². The molecule has 0 aliphatic carbocycles. The van der Waals surface area contributed by atoms with E-state index in [1.54, 1.807) is 0 Å². The van der Waals surface area contributed by atoms with Crippen LogP contribution in [0.2, 0.25) is 0 Å². The van der Waals surface area contributed by atoms with E-state index in [0.717, 1.165) is 22.3 Å². The fraction of sp³-hybridized carbons (Fsp3) is 0.263. The normalized spacial score (nSPS) is 13.1. The Balaban J connectivity index is 2.04. The fourth-order valence-corrected chi connectivity index (χ4v) is 2.50. The van der Waals surface area contributed by atoms with Gasteiger partial charge < -0.3 is 21.3 Å². The summed E-state index contributed by atoms with van der Waals surface area (Å²) < 4.78 is 4.62. The van der Waals surface area contributed by atoms with Gasteiger partial charge in [-0.1, -0.05) is 48.5 Å². The van der Waals surface area contributed by atoms with Crippen molar-refractivity contribution in [1.29, 1.82) is 0 Å². The molecule has 2 atom stereocenters. The number of carboxylic acids is 1. The van der Waals surface area contributed by atoms with E-state index in [1.165, 1.54) is 7.11 Å². The molecule has 0 saturated heterocycles. The van der Waals surface area contributed by atoms with Gasteiger partial charge in [0.1, 0.15) is 12.1 Å².